The van der Waals surface area contributed by atoms with E-state index < -0.39 is 6.04 Å². The minimum Gasteiger partial charge on any atom is -0.497 e. The van der Waals surface area contributed by atoms with Crippen molar-refractivity contribution in [2.24, 2.45) is 0 Å². The third-order valence-electron chi connectivity index (χ3n) is 5.48. The van der Waals surface area contributed by atoms with Crippen LogP contribution in [0.3, 0.4) is 0 Å². The van der Waals surface area contributed by atoms with Crippen LogP contribution in [0.15, 0.2) is 73.1 Å². The Labute approximate surface area is 184 Å². The van der Waals surface area contributed by atoms with E-state index in [1.807, 2.05) is 41.0 Å². The van der Waals surface area contributed by atoms with Crippen molar-refractivity contribution in [3.63, 3.8) is 0 Å². The zero-order valence-electron chi connectivity index (χ0n) is 17.4. The fourth-order valence-electron chi connectivity index (χ4n) is 4.01. The Morgan fingerprint density at radius 3 is 2.81 bits per heavy atom. The lowest BCUT2D eigenvalue weighted by atomic mass is 10.1. The molecule has 2 aromatic heterocycles. The van der Waals surface area contributed by atoms with Crippen LogP contribution in [0, 0.1) is 0 Å². The highest BCUT2D eigenvalue weighted by molar-refractivity contribution is 6.05. The van der Waals surface area contributed by atoms with E-state index in [4.69, 9.17) is 4.74 Å². The van der Waals surface area contributed by atoms with E-state index >= 15 is 0 Å². The van der Waals surface area contributed by atoms with Crippen molar-refractivity contribution in [1.29, 1.82) is 0 Å². The van der Waals surface area contributed by atoms with Gasteiger partial charge in [0.1, 0.15) is 11.8 Å². The summed E-state index contributed by atoms with van der Waals surface area (Å²) in [4.78, 5) is 36.7. The predicted molar refractivity (Wildman–Crippen MR) is 120 cm³/mol. The second-order valence-corrected chi connectivity index (χ2v) is 7.56. The van der Waals surface area contributed by atoms with Gasteiger partial charge in [0, 0.05) is 24.1 Å². The lowest BCUT2D eigenvalue weighted by Crippen LogP contribution is -2.31. The highest BCUT2D eigenvalue weighted by Crippen LogP contribution is 2.37. The first kappa shape index (κ1) is 19.7. The molecule has 0 radical (unpaired) electrons. The largest absolute Gasteiger partial charge is 0.497 e. The van der Waals surface area contributed by atoms with Gasteiger partial charge >= 0.3 is 0 Å². The number of amides is 2. The van der Waals surface area contributed by atoms with Crippen LogP contribution in [0.2, 0.25) is 0 Å². The number of nitrogens with zero attached hydrogens (tertiary/aromatic N) is 4. The van der Waals surface area contributed by atoms with Crippen LogP contribution in [-0.4, -0.2) is 33.5 Å². The topological polar surface area (TPSA) is 89.3 Å². The minimum atomic E-state index is -0.681. The normalized spacial score (nSPS) is 15.1. The molecule has 1 aliphatic rings. The Morgan fingerprint density at radius 2 is 2.00 bits per heavy atom. The smallest absolute Gasteiger partial charge is 0.253 e. The summed E-state index contributed by atoms with van der Waals surface area (Å²) < 4.78 is 7.07. The molecule has 0 saturated carbocycles. The van der Waals surface area contributed by atoms with Gasteiger partial charge in [-0.3, -0.25) is 24.0 Å². The first-order chi connectivity index (χ1) is 15.6. The van der Waals surface area contributed by atoms with Gasteiger partial charge in [0.05, 0.1) is 31.1 Å². The lowest BCUT2D eigenvalue weighted by Gasteiger charge is -2.16. The van der Waals surface area contributed by atoms with Crippen molar-refractivity contribution in [2.45, 2.75) is 19.0 Å². The zero-order chi connectivity index (χ0) is 22.1. The number of pyridine rings is 1. The Morgan fingerprint density at radius 1 is 1.12 bits per heavy atom. The number of para-hydroxylation sites is 2. The Hall–Kier alpha value is -4.20. The van der Waals surface area contributed by atoms with Crippen molar-refractivity contribution in [3.8, 4) is 5.75 Å². The van der Waals surface area contributed by atoms with Crippen LogP contribution >= 0.6 is 0 Å². The molecule has 4 aromatic rings. The average molecular weight is 427 g/mol. The van der Waals surface area contributed by atoms with E-state index in [2.05, 4.69) is 15.3 Å². The summed E-state index contributed by atoms with van der Waals surface area (Å²) in [6.07, 6.45) is 3.41. The lowest BCUT2D eigenvalue weighted by molar-refractivity contribution is -0.124. The molecule has 0 unspecified atom stereocenters. The molecule has 1 atom stereocenters. The molecule has 3 heterocycles. The molecule has 2 amide bonds. The van der Waals surface area contributed by atoms with Crippen LogP contribution in [-0.2, 0) is 16.1 Å². The summed E-state index contributed by atoms with van der Waals surface area (Å²) in [5.74, 6) is 0.760. The maximum absolute atomic E-state index is 13.4. The summed E-state index contributed by atoms with van der Waals surface area (Å²) in [5, 5.41) is 2.87. The molecule has 1 N–H and O–H groups in total. The van der Waals surface area contributed by atoms with Gasteiger partial charge in [-0.1, -0.05) is 24.3 Å². The molecule has 0 fully saturated rings. The van der Waals surface area contributed by atoms with Gasteiger partial charge in [0.25, 0.3) is 5.91 Å². The van der Waals surface area contributed by atoms with Gasteiger partial charge in [-0.25, -0.2) is 4.98 Å². The highest BCUT2D eigenvalue weighted by atomic mass is 16.5. The van der Waals surface area contributed by atoms with E-state index in [0.717, 1.165) is 16.6 Å². The minimum absolute atomic E-state index is 0.00701. The van der Waals surface area contributed by atoms with Crippen molar-refractivity contribution < 1.29 is 14.3 Å². The number of benzene rings is 2. The van der Waals surface area contributed by atoms with E-state index in [0.29, 0.717) is 23.9 Å². The number of rotatable bonds is 6. The average Bonchev–Trinajstić information content (AvgIpc) is 3.30. The Kier molecular flexibility index (Phi) is 5.03. The van der Waals surface area contributed by atoms with Gasteiger partial charge in [-0.05, 0) is 35.9 Å². The molecule has 0 aliphatic carbocycles. The number of hydrogen-bond donors (Lipinski definition) is 1. The molecule has 0 bridgehead atoms. The van der Waals surface area contributed by atoms with Crippen LogP contribution < -0.4 is 15.0 Å². The standard InChI is InChI=1S/C24H21N5O3/c1-32-18-8-4-7-17(12-18)26-22(30)13-21-23(31)28(15-16-6-5-11-25-14-16)24-27-19-9-2-3-10-20(19)29(21)24/h2-12,14,21H,13,15H2,1H3,(H,26,30)/t21-/m0/s1. The number of aromatic nitrogens is 3. The molecule has 0 saturated heterocycles. The third kappa shape index (κ3) is 3.56. The second-order valence-electron chi connectivity index (χ2n) is 7.56. The van der Waals surface area contributed by atoms with Crippen LogP contribution in [0.4, 0.5) is 11.6 Å². The van der Waals surface area contributed by atoms with Gasteiger partial charge in [-0.15, -0.1) is 0 Å². The first-order valence-corrected chi connectivity index (χ1v) is 10.2. The summed E-state index contributed by atoms with van der Waals surface area (Å²) in [7, 11) is 1.57. The number of imidazole rings is 1. The first-order valence-electron chi connectivity index (χ1n) is 10.2. The Balaban J connectivity index is 1.45. The molecule has 32 heavy (non-hydrogen) atoms. The summed E-state index contributed by atoms with van der Waals surface area (Å²) in [5.41, 5.74) is 3.11. The number of carbonyl (C=O) groups is 2. The van der Waals surface area contributed by atoms with Gasteiger partial charge in [0.15, 0.2) is 0 Å². The highest BCUT2D eigenvalue weighted by Gasteiger charge is 2.40. The predicted octanol–water partition coefficient (Wildman–Crippen LogP) is 3.56. The molecule has 8 nitrogen and oxygen atoms in total. The van der Waals surface area contributed by atoms with Crippen molar-refractivity contribution in [3.05, 3.63) is 78.6 Å². The Bertz CT molecular complexity index is 1300. The van der Waals surface area contributed by atoms with Crippen molar-refractivity contribution in [2.75, 3.05) is 17.3 Å². The fourth-order valence-corrected chi connectivity index (χ4v) is 4.01. The molecular weight excluding hydrogens is 406 g/mol. The van der Waals surface area contributed by atoms with E-state index in [9.17, 15) is 9.59 Å². The molecule has 2 aromatic carbocycles. The fraction of sp³-hybridized carbons (Fsp3) is 0.167. The van der Waals surface area contributed by atoms with Gasteiger partial charge in [0.2, 0.25) is 11.9 Å². The molecule has 8 heteroatoms. The number of hydrogen-bond acceptors (Lipinski definition) is 5. The third-order valence-corrected chi connectivity index (χ3v) is 5.48. The molecule has 5 rings (SSSR count). The SMILES string of the molecule is COc1cccc(NC(=O)C[C@H]2C(=O)N(Cc3cccnc3)c3nc4ccccc4n32)c1. The summed E-state index contributed by atoms with van der Waals surface area (Å²) in [6, 6.07) is 17.8. The van der Waals surface area contributed by atoms with Crippen LogP contribution in [0.25, 0.3) is 11.0 Å². The zero-order valence-corrected chi connectivity index (χ0v) is 17.4. The van der Waals surface area contributed by atoms with E-state index in [1.165, 1.54) is 0 Å². The van der Waals surface area contributed by atoms with Crippen molar-refractivity contribution >= 4 is 34.5 Å². The maximum Gasteiger partial charge on any atom is 0.253 e. The maximum atomic E-state index is 13.4. The van der Waals surface area contributed by atoms with Crippen molar-refractivity contribution in [1.82, 2.24) is 14.5 Å². The van der Waals surface area contributed by atoms with E-state index in [1.54, 1.807) is 48.7 Å². The van der Waals surface area contributed by atoms with Gasteiger partial charge < -0.3 is 10.1 Å². The number of methoxy groups -OCH3 is 1. The molecule has 160 valence electrons. The number of anilines is 2. The van der Waals surface area contributed by atoms with E-state index in [-0.39, 0.29) is 18.2 Å². The summed E-state index contributed by atoms with van der Waals surface area (Å²) in [6.45, 7) is 0.337. The summed E-state index contributed by atoms with van der Waals surface area (Å²) >= 11 is 0. The molecule has 1 aliphatic heterocycles. The number of carbonyl (C=O) groups excluding carboxylic acids is 2. The van der Waals surface area contributed by atoms with Crippen LogP contribution in [0.5, 0.6) is 5.75 Å². The number of nitrogens with one attached hydrogen (secondary N) is 1. The second kappa shape index (κ2) is 8.14. The number of ether oxygens (including phenoxy) is 1. The quantitative estimate of drug-likeness (QED) is 0.508. The van der Waals surface area contributed by atoms with Crippen LogP contribution in [0.1, 0.15) is 18.0 Å². The molecule has 0 spiro atoms. The number of fused-ring (bicyclic) bond motifs is 3. The van der Waals surface area contributed by atoms with Gasteiger partial charge in [-0.2, -0.15) is 0 Å². The monoisotopic (exact) mass is 427 g/mol. The molecular formula is C24H21N5O3.